The number of nitrogen functional groups attached to an aromatic ring is 1. The fourth-order valence-electron chi connectivity index (χ4n) is 4.19. The lowest BCUT2D eigenvalue weighted by molar-refractivity contribution is -0.122. The molecule has 1 fully saturated rings. The maximum Gasteiger partial charge on any atom is 0.268 e. The number of aromatic nitrogens is 1. The molecule has 1 aliphatic heterocycles. The van der Waals surface area contributed by atoms with E-state index in [1.807, 2.05) is 62.3 Å². The van der Waals surface area contributed by atoms with E-state index in [-0.39, 0.29) is 5.91 Å². The summed E-state index contributed by atoms with van der Waals surface area (Å²) in [6, 6.07) is 9.46. The third-order valence-corrected chi connectivity index (χ3v) is 7.86. The number of carbonyl (C=O) groups is 1. The number of aliphatic imine (C=N–C) groups is 1. The highest BCUT2D eigenvalue weighted by Crippen LogP contribution is 2.38. The summed E-state index contributed by atoms with van der Waals surface area (Å²) in [4.78, 5) is 28.6. The van der Waals surface area contributed by atoms with E-state index < -0.39 is 0 Å². The largest absolute Gasteiger partial charge is 0.399 e. The Labute approximate surface area is 216 Å². The molecule has 1 aromatic carbocycles. The number of nitrogens with two attached hydrogens (primary N) is 1. The van der Waals surface area contributed by atoms with Gasteiger partial charge in [-0.25, -0.2) is 4.99 Å². The van der Waals surface area contributed by atoms with Crippen LogP contribution >= 0.6 is 23.5 Å². The Morgan fingerprint density at radius 3 is 2.89 bits per heavy atom. The predicted molar refractivity (Wildman–Crippen MR) is 149 cm³/mol. The highest BCUT2D eigenvalue weighted by molar-refractivity contribution is 8.18. The summed E-state index contributed by atoms with van der Waals surface area (Å²) in [6.07, 6.45) is 12.1. The van der Waals surface area contributed by atoms with Crippen LogP contribution in [0.3, 0.4) is 0 Å². The van der Waals surface area contributed by atoms with Crippen molar-refractivity contribution in [2.45, 2.75) is 39.2 Å². The number of benzene rings is 1. The van der Waals surface area contributed by atoms with Gasteiger partial charge in [-0.15, -0.1) is 11.8 Å². The molecular formula is C26H32N6OS2. The number of nitrogens with one attached hydrogen (secondary N) is 1. The van der Waals surface area contributed by atoms with Crippen molar-refractivity contribution in [3.8, 4) is 0 Å². The molecule has 35 heavy (non-hydrogen) atoms. The Bertz CT molecular complexity index is 1160. The topological polar surface area (TPSA) is 86.8 Å². The van der Waals surface area contributed by atoms with Gasteiger partial charge in [0.25, 0.3) is 5.91 Å². The van der Waals surface area contributed by atoms with E-state index in [2.05, 4.69) is 21.5 Å². The van der Waals surface area contributed by atoms with E-state index in [0.29, 0.717) is 28.0 Å². The minimum Gasteiger partial charge on any atom is -0.399 e. The zero-order chi connectivity index (χ0) is 24.8. The first-order valence-corrected chi connectivity index (χ1v) is 13.9. The minimum atomic E-state index is -0.0551. The van der Waals surface area contributed by atoms with Crippen LogP contribution in [-0.2, 0) is 11.3 Å². The van der Waals surface area contributed by atoms with Crippen LogP contribution in [0.25, 0.3) is 0 Å². The Morgan fingerprint density at radius 2 is 2.14 bits per heavy atom. The average molecular weight is 509 g/mol. The SMILES string of the molecule is CCNc1ccc(N)cc1N=C1S/C(=C/N(C)C2=C(SC)CCCC2)C(=O)N1Cc1cccnc1. The van der Waals surface area contributed by atoms with E-state index in [0.717, 1.165) is 30.6 Å². The summed E-state index contributed by atoms with van der Waals surface area (Å²) < 4.78 is 0. The van der Waals surface area contributed by atoms with Gasteiger partial charge >= 0.3 is 0 Å². The molecule has 1 aromatic heterocycles. The first kappa shape index (κ1) is 25.2. The number of amidine groups is 1. The molecule has 2 aromatic rings. The number of allylic oxidation sites excluding steroid dienone is 2. The molecule has 0 atom stereocenters. The average Bonchev–Trinajstić information content (AvgIpc) is 3.15. The van der Waals surface area contributed by atoms with Crippen molar-refractivity contribution in [3.63, 3.8) is 0 Å². The van der Waals surface area contributed by atoms with Crippen molar-refractivity contribution in [3.05, 3.63) is 70.0 Å². The Kier molecular flexibility index (Phi) is 8.41. The summed E-state index contributed by atoms with van der Waals surface area (Å²) in [5.74, 6) is -0.0551. The number of thioether (sulfide) groups is 2. The van der Waals surface area contributed by atoms with Gasteiger partial charge in [0.15, 0.2) is 5.17 Å². The zero-order valence-electron chi connectivity index (χ0n) is 20.5. The van der Waals surface area contributed by atoms with Gasteiger partial charge in [-0.3, -0.25) is 14.7 Å². The maximum atomic E-state index is 13.6. The summed E-state index contributed by atoms with van der Waals surface area (Å²) in [5.41, 5.74) is 10.5. The summed E-state index contributed by atoms with van der Waals surface area (Å²) in [7, 11) is 2.04. The molecule has 0 bridgehead atoms. The molecule has 0 saturated carbocycles. The van der Waals surface area contributed by atoms with E-state index in [1.54, 1.807) is 17.3 Å². The lowest BCUT2D eigenvalue weighted by Gasteiger charge is -2.26. The normalized spacial score (nSPS) is 18.6. The molecule has 3 N–H and O–H groups in total. The Morgan fingerprint density at radius 1 is 1.31 bits per heavy atom. The van der Waals surface area contributed by atoms with Gasteiger partial charge in [-0.2, -0.15) is 0 Å². The molecule has 2 heterocycles. The van der Waals surface area contributed by atoms with E-state index in [4.69, 9.17) is 10.7 Å². The van der Waals surface area contributed by atoms with Crippen LogP contribution in [0.15, 0.2) is 69.4 Å². The molecule has 4 rings (SSSR count). The van der Waals surface area contributed by atoms with Gasteiger partial charge in [0.1, 0.15) is 0 Å². The standard InChI is InChI=1S/C26H32N6OS2/c1-4-29-20-12-11-19(27)14-21(20)30-26-32(16-18-8-7-13-28-15-18)25(33)24(35-26)17-31(2)22-9-5-6-10-23(22)34-3/h7-8,11-15,17,29H,4-6,9-10,16,27H2,1-3H3/b24-17+,30-26?. The molecule has 0 spiro atoms. The molecule has 1 amide bonds. The number of rotatable bonds is 8. The van der Waals surface area contributed by atoms with Crippen LogP contribution in [0.4, 0.5) is 17.1 Å². The van der Waals surface area contributed by atoms with Gasteiger partial charge in [-0.05, 0) is 80.5 Å². The van der Waals surface area contributed by atoms with Gasteiger partial charge in [0.05, 0.1) is 22.8 Å². The van der Waals surface area contributed by atoms with Crippen LogP contribution in [0.1, 0.15) is 38.2 Å². The molecule has 1 saturated heterocycles. The minimum absolute atomic E-state index is 0.0551. The monoisotopic (exact) mass is 508 g/mol. The van der Waals surface area contributed by atoms with Crippen LogP contribution < -0.4 is 11.1 Å². The smallest absolute Gasteiger partial charge is 0.268 e. The number of anilines is 2. The second kappa shape index (κ2) is 11.7. The van der Waals surface area contributed by atoms with Crippen LogP contribution in [0.5, 0.6) is 0 Å². The fraction of sp³-hybridized carbons (Fsp3) is 0.346. The third kappa shape index (κ3) is 6.02. The highest BCUT2D eigenvalue weighted by atomic mass is 32.2. The van der Waals surface area contributed by atoms with Crippen molar-refractivity contribution in [1.82, 2.24) is 14.8 Å². The maximum absolute atomic E-state index is 13.6. The summed E-state index contributed by atoms with van der Waals surface area (Å²) >= 11 is 3.21. The van der Waals surface area contributed by atoms with Crippen LogP contribution in [0, 0.1) is 0 Å². The highest BCUT2D eigenvalue weighted by Gasteiger charge is 2.34. The Balaban J connectivity index is 1.71. The summed E-state index contributed by atoms with van der Waals surface area (Å²) in [6.45, 7) is 3.20. The molecule has 1 aliphatic carbocycles. The van der Waals surface area contributed by atoms with Crippen LogP contribution in [-0.4, -0.2) is 45.7 Å². The third-order valence-electron chi connectivity index (χ3n) is 5.93. The predicted octanol–water partition coefficient (Wildman–Crippen LogP) is 5.78. The molecule has 7 nitrogen and oxygen atoms in total. The number of hydrogen-bond acceptors (Lipinski definition) is 8. The van der Waals surface area contributed by atoms with Gasteiger partial charge in [0, 0.05) is 48.5 Å². The van der Waals surface area contributed by atoms with Crippen molar-refractivity contribution in [2.75, 3.05) is 30.9 Å². The lowest BCUT2D eigenvalue weighted by atomic mass is 10.0. The number of hydrogen-bond donors (Lipinski definition) is 2. The quantitative estimate of drug-likeness (QED) is 0.345. The van der Waals surface area contributed by atoms with E-state index in [9.17, 15) is 4.79 Å². The molecule has 0 radical (unpaired) electrons. The van der Waals surface area contributed by atoms with Gasteiger partial charge < -0.3 is 16.0 Å². The van der Waals surface area contributed by atoms with Gasteiger partial charge in [-0.1, -0.05) is 6.07 Å². The van der Waals surface area contributed by atoms with Crippen molar-refractivity contribution >= 4 is 51.7 Å². The number of nitrogens with zero attached hydrogens (tertiary/aromatic N) is 4. The molecule has 9 heteroatoms. The van der Waals surface area contributed by atoms with E-state index in [1.165, 1.54) is 35.2 Å². The van der Waals surface area contributed by atoms with Crippen molar-refractivity contribution in [1.29, 1.82) is 0 Å². The molecule has 184 valence electrons. The zero-order valence-corrected chi connectivity index (χ0v) is 22.1. The summed E-state index contributed by atoms with van der Waals surface area (Å²) in [5, 5.41) is 3.96. The lowest BCUT2D eigenvalue weighted by Crippen LogP contribution is -2.29. The van der Waals surface area contributed by atoms with Crippen molar-refractivity contribution in [2.24, 2.45) is 4.99 Å². The van der Waals surface area contributed by atoms with Crippen molar-refractivity contribution < 1.29 is 4.79 Å². The molecule has 0 unspecified atom stereocenters. The first-order valence-electron chi connectivity index (χ1n) is 11.8. The molecule has 2 aliphatic rings. The second-order valence-corrected chi connectivity index (χ2v) is 10.4. The van der Waals surface area contributed by atoms with E-state index >= 15 is 0 Å². The van der Waals surface area contributed by atoms with Crippen LogP contribution in [0.2, 0.25) is 0 Å². The number of amides is 1. The number of carbonyl (C=O) groups excluding carboxylic acids is 1. The second-order valence-electron chi connectivity index (χ2n) is 8.44. The van der Waals surface area contributed by atoms with Gasteiger partial charge in [0.2, 0.25) is 0 Å². The fourth-order valence-corrected chi connectivity index (χ4v) is 6.02. The first-order chi connectivity index (χ1) is 17.0. The number of pyridine rings is 1. The Hall–Kier alpha value is -2.91. The molecular weight excluding hydrogens is 476 g/mol.